The van der Waals surface area contributed by atoms with Crippen molar-refractivity contribution in [3.8, 4) is 0 Å². The topological polar surface area (TPSA) is 110 Å². The van der Waals surface area contributed by atoms with Gasteiger partial charge in [-0.3, -0.25) is 19.7 Å². The fourth-order valence-electron chi connectivity index (χ4n) is 3.47. The smallest absolute Gasteiger partial charge is 0.307 e. The third kappa shape index (κ3) is 2.56. The first-order valence-corrected chi connectivity index (χ1v) is 7.04. The Kier molecular flexibility index (Phi) is 3.59. The van der Waals surface area contributed by atoms with Gasteiger partial charge in [0.2, 0.25) is 11.7 Å². The minimum absolute atomic E-state index is 0.0685. The van der Waals surface area contributed by atoms with E-state index in [0.29, 0.717) is 6.42 Å². The average Bonchev–Trinajstić information content (AvgIpc) is 3.09. The number of carboxylic acid groups (broad SMARTS) is 1. The summed E-state index contributed by atoms with van der Waals surface area (Å²) in [5.41, 5.74) is -0.676. The Morgan fingerprint density at radius 3 is 2.52 bits per heavy atom. The third-order valence-corrected chi connectivity index (χ3v) is 4.46. The molecule has 1 saturated carbocycles. The van der Waals surface area contributed by atoms with Crippen molar-refractivity contribution in [3.63, 3.8) is 0 Å². The molecule has 1 fully saturated rings. The van der Waals surface area contributed by atoms with Crippen LogP contribution in [0.3, 0.4) is 0 Å². The van der Waals surface area contributed by atoms with Crippen molar-refractivity contribution in [3.05, 3.63) is 46.3 Å². The summed E-state index contributed by atoms with van der Waals surface area (Å²) in [6, 6.07) is 3.02. The summed E-state index contributed by atoms with van der Waals surface area (Å²) >= 11 is 0. The van der Waals surface area contributed by atoms with Crippen LogP contribution in [0, 0.1) is 39.6 Å². The molecule has 0 saturated heterocycles. The maximum Gasteiger partial charge on any atom is 0.307 e. The van der Waals surface area contributed by atoms with Gasteiger partial charge in [0.05, 0.1) is 16.8 Å². The molecule has 0 unspecified atom stereocenters. The fraction of sp³-hybridized carbons (Fsp3) is 0.333. The molecule has 2 aliphatic rings. The number of nitrogens with one attached hydrogen (secondary N) is 1. The monoisotopic (exact) mass is 320 g/mol. The summed E-state index contributed by atoms with van der Waals surface area (Å²) in [6.45, 7) is 0. The summed E-state index contributed by atoms with van der Waals surface area (Å²) in [7, 11) is 0. The number of carboxylic acids is 1. The number of carbonyl (C=O) groups is 2. The molecule has 0 heterocycles. The zero-order chi connectivity index (χ0) is 16.7. The molecule has 0 spiro atoms. The van der Waals surface area contributed by atoms with Crippen LogP contribution in [0.4, 0.5) is 15.8 Å². The Hall–Kier alpha value is -2.77. The van der Waals surface area contributed by atoms with E-state index in [0.717, 1.165) is 12.1 Å². The van der Waals surface area contributed by atoms with Crippen LogP contribution in [0.2, 0.25) is 0 Å². The van der Waals surface area contributed by atoms with Crippen LogP contribution >= 0.6 is 0 Å². The highest BCUT2D eigenvalue weighted by atomic mass is 19.1. The molecule has 8 heteroatoms. The highest BCUT2D eigenvalue weighted by molar-refractivity contribution is 5.96. The maximum atomic E-state index is 13.3. The normalized spacial score (nSPS) is 27.9. The molecule has 1 aromatic carbocycles. The van der Waals surface area contributed by atoms with Crippen LogP contribution in [-0.4, -0.2) is 21.9 Å². The van der Waals surface area contributed by atoms with Crippen molar-refractivity contribution in [2.45, 2.75) is 6.42 Å². The Bertz CT molecular complexity index is 733. The number of nitrogens with zero attached hydrogens (tertiary/aromatic N) is 1. The van der Waals surface area contributed by atoms with Crippen molar-refractivity contribution in [2.24, 2.45) is 23.7 Å². The Morgan fingerprint density at radius 2 is 1.91 bits per heavy atom. The van der Waals surface area contributed by atoms with Gasteiger partial charge in [-0.1, -0.05) is 12.2 Å². The molecule has 0 aliphatic heterocycles. The van der Waals surface area contributed by atoms with Crippen LogP contribution in [-0.2, 0) is 9.59 Å². The van der Waals surface area contributed by atoms with Gasteiger partial charge in [0.1, 0.15) is 0 Å². The van der Waals surface area contributed by atoms with E-state index < -0.39 is 40.1 Å². The van der Waals surface area contributed by atoms with E-state index in [2.05, 4.69) is 5.32 Å². The minimum Gasteiger partial charge on any atom is -0.481 e. The molecule has 2 bridgehead atoms. The number of nitro groups is 1. The molecule has 0 aromatic heterocycles. The second-order valence-corrected chi connectivity index (χ2v) is 5.75. The number of aliphatic carboxylic acids is 1. The molecule has 3 rings (SSSR count). The molecule has 23 heavy (non-hydrogen) atoms. The van der Waals surface area contributed by atoms with Crippen LogP contribution in [0.1, 0.15) is 6.42 Å². The molecule has 7 nitrogen and oxygen atoms in total. The van der Waals surface area contributed by atoms with Crippen molar-refractivity contribution < 1.29 is 24.0 Å². The summed E-state index contributed by atoms with van der Waals surface area (Å²) in [6.07, 6.45) is 4.26. The number of amides is 1. The SMILES string of the molecule is O=C(O)[C@@H]1[C@@H](C(=O)Nc2ccc(F)c([N+](=O)[O-])c2)[C@H]2C=C[C@@H]1C2. The molecule has 2 N–H and O–H groups in total. The van der Waals surface area contributed by atoms with Crippen LogP contribution < -0.4 is 5.32 Å². The lowest BCUT2D eigenvalue weighted by molar-refractivity contribution is -0.387. The summed E-state index contributed by atoms with van der Waals surface area (Å²) < 4.78 is 13.3. The number of hydrogen-bond acceptors (Lipinski definition) is 4. The van der Waals surface area contributed by atoms with E-state index >= 15 is 0 Å². The van der Waals surface area contributed by atoms with E-state index in [4.69, 9.17) is 0 Å². The number of rotatable bonds is 4. The van der Waals surface area contributed by atoms with E-state index in [1.54, 1.807) is 0 Å². The zero-order valence-corrected chi connectivity index (χ0v) is 11.8. The number of carbonyl (C=O) groups excluding carboxylic acids is 1. The number of fused-ring (bicyclic) bond motifs is 2. The molecule has 1 amide bonds. The number of halogens is 1. The van der Waals surface area contributed by atoms with Gasteiger partial charge in [0.25, 0.3) is 0 Å². The number of benzene rings is 1. The lowest BCUT2D eigenvalue weighted by Crippen LogP contribution is -2.36. The van der Waals surface area contributed by atoms with Gasteiger partial charge in [0.15, 0.2) is 0 Å². The van der Waals surface area contributed by atoms with Crippen molar-refractivity contribution in [1.29, 1.82) is 0 Å². The van der Waals surface area contributed by atoms with Gasteiger partial charge < -0.3 is 10.4 Å². The van der Waals surface area contributed by atoms with Gasteiger partial charge >= 0.3 is 11.7 Å². The molecule has 2 aliphatic carbocycles. The largest absolute Gasteiger partial charge is 0.481 e. The van der Waals surface area contributed by atoms with Gasteiger partial charge in [-0.05, 0) is 30.4 Å². The highest BCUT2D eigenvalue weighted by Crippen LogP contribution is 2.48. The van der Waals surface area contributed by atoms with Crippen molar-refractivity contribution in [2.75, 3.05) is 5.32 Å². The van der Waals surface area contributed by atoms with Gasteiger partial charge in [0, 0.05) is 11.8 Å². The molecule has 4 atom stereocenters. The van der Waals surface area contributed by atoms with E-state index in [-0.39, 0.29) is 17.5 Å². The second-order valence-electron chi connectivity index (χ2n) is 5.75. The predicted molar refractivity (Wildman–Crippen MR) is 77.0 cm³/mol. The maximum absolute atomic E-state index is 13.3. The summed E-state index contributed by atoms with van der Waals surface area (Å²) in [5, 5.41) is 22.5. The first kappa shape index (κ1) is 15.1. The third-order valence-electron chi connectivity index (χ3n) is 4.46. The van der Waals surface area contributed by atoms with Gasteiger partial charge in [-0.25, -0.2) is 0 Å². The molecular formula is C15H13FN2O5. The van der Waals surface area contributed by atoms with Crippen molar-refractivity contribution in [1.82, 2.24) is 0 Å². The van der Waals surface area contributed by atoms with Gasteiger partial charge in [-0.15, -0.1) is 0 Å². The van der Waals surface area contributed by atoms with Gasteiger partial charge in [-0.2, -0.15) is 4.39 Å². The van der Waals surface area contributed by atoms with Crippen LogP contribution in [0.5, 0.6) is 0 Å². The number of anilines is 1. The average molecular weight is 320 g/mol. The molecule has 1 aromatic rings. The first-order chi connectivity index (χ1) is 10.9. The summed E-state index contributed by atoms with van der Waals surface area (Å²) in [4.78, 5) is 33.7. The zero-order valence-electron chi connectivity index (χ0n) is 11.8. The predicted octanol–water partition coefficient (Wildman–Crippen LogP) is 2.20. The summed E-state index contributed by atoms with van der Waals surface area (Å²) in [5.74, 6) is -4.42. The number of nitro benzene ring substituents is 1. The van der Waals surface area contributed by atoms with E-state index in [9.17, 15) is 29.2 Å². The molecule has 120 valence electrons. The standard InChI is InChI=1S/C15H13FN2O5/c16-10-4-3-9(6-11(10)18(22)23)17-14(19)12-7-1-2-8(5-7)13(12)15(20)21/h1-4,6-8,12-13H,5H2,(H,17,19)(H,20,21)/t7-,8+,12-,13-/m0/s1. The fourth-order valence-corrected chi connectivity index (χ4v) is 3.47. The van der Waals surface area contributed by atoms with E-state index in [1.165, 1.54) is 6.07 Å². The second kappa shape index (κ2) is 5.45. The number of hydrogen-bond donors (Lipinski definition) is 2. The Morgan fingerprint density at radius 1 is 1.26 bits per heavy atom. The Balaban J connectivity index is 1.82. The molecule has 0 radical (unpaired) electrons. The number of allylic oxidation sites excluding steroid dienone is 2. The lowest BCUT2D eigenvalue weighted by atomic mass is 9.82. The Labute approximate surface area is 130 Å². The highest BCUT2D eigenvalue weighted by Gasteiger charge is 2.51. The lowest BCUT2D eigenvalue weighted by Gasteiger charge is -2.23. The minimum atomic E-state index is -1.04. The quantitative estimate of drug-likeness (QED) is 0.502. The van der Waals surface area contributed by atoms with E-state index in [1.807, 2.05) is 12.2 Å². The first-order valence-electron chi connectivity index (χ1n) is 7.04. The van der Waals surface area contributed by atoms with Crippen LogP contribution in [0.25, 0.3) is 0 Å². The van der Waals surface area contributed by atoms with Crippen molar-refractivity contribution >= 4 is 23.3 Å². The molecular weight excluding hydrogens is 307 g/mol. The van der Waals surface area contributed by atoms with Crippen LogP contribution in [0.15, 0.2) is 30.4 Å².